The van der Waals surface area contributed by atoms with Crippen molar-refractivity contribution in [2.24, 2.45) is 7.05 Å². The van der Waals surface area contributed by atoms with Gasteiger partial charge < -0.3 is 10.6 Å². The van der Waals surface area contributed by atoms with E-state index in [0.717, 1.165) is 24.3 Å². The number of nitrogens with one attached hydrogen (secondary N) is 2. The first-order chi connectivity index (χ1) is 9.63. The van der Waals surface area contributed by atoms with Gasteiger partial charge in [-0.1, -0.05) is 6.92 Å². The van der Waals surface area contributed by atoms with E-state index in [9.17, 15) is 4.79 Å². The normalized spacial score (nSPS) is 10.3. The second-order valence-electron chi connectivity index (χ2n) is 4.43. The van der Waals surface area contributed by atoms with E-state index in [1.54, 1.807) is 23.0 Å². The molecule has 6 heteroatoms. The van der Waals surface area contributed by atoms with Gasteiger partial charge in [0.2, 0.25) is 0 Å². The molecule has 2 heterocycles. The fourth-order valence-corrected chi connectivity index (χ4v) is 1.94. The SMILES string of the molecule is CCNc1cc(C(=O)Nc2cn(C)nc2CC)ccn1. The van der Waals surface area contributed by atoms with E-state index in [-0.39, 0.29) is 5.91 Å². The zero-order valence-corrected chi connectivity index (χ0v) is 12.0. The van der Waals surface area contributed by atoms with Crippen molar-refractivity contribution in [3.8, 4) is 0 Å². The van der Waals surface area contributed by atoms with Crippen LogP contribution in [0.25, 0.3) is 0 Å². The van der Waals surface area contributed by atoms with Gasteiger partial charge in [0.05, 0.1) is 11.4 Å². The van der Waals surface area contributed by atoms with Gasteiger partial charge in [0.1, 0.15) is 5.82 Å². The average molecular weight is 273 g/mol. The van der Waals surface area contributed by atoms with E-state index >= 15 is 0 Å². The number of aryl methyl sites for hydroxylation is 2. The lowest BCUT2D eigenvalue weighted by Crippen LogP contribution is -2.13. The highest BCUT2D eigenvalue weighted by molar-refractivity contribution is 6.04. The van der Waals surface area contributed by atoms with Gasteiger partial charge in [0.25, 0.3) is 5.91 Å². The van der Waals surface area contributed by atoms with Gasteiger partial charge >= 0.3 is 0 Å². The van der Waals surface area contributed by atoms with E-state index in [1.807, 2.05) is 27.1 Å². The molecule has 2 aromatic heterocycles. The van der Waals surface area contributed by atoms with Crippen molar-refractivity contribution in [2.75, 3.05) is 17.2 Å². The summed E-state index contributed by atoms with van der Waals surface area (Å²) in [4.78, 5) is 16.4. The molecule has 6 nitrogen and oxygen atoms in total. The number of hydrogen-bond donors (Lipinski definition) is 2. The minimum Gasteiger partial charge on any atom is -0.370 e. The molecule has 0 saturated carbocycles. The van der Waals surface area contributed by atoms with E-state index in [4.69, 9.17) is 0 Å². The first-order valence-corrected chi connectivity index (χ1v) is 6.67. The Morgan fingerprint density at radius 1 is 1.40 bits per heavy atom. The standard InChI is InChI=1S/C14H19N5O/c1-4-11-12(9-19(3)18-11)17-14(20)10-6-7-16-13(8-10)15-5-2/h6-9H,4-5H2,1-3H3,(H,15,16)(H,17,20). The van der Waals surface area contributed by atoms with E-state index < -0.39 is 0 Å². The van der Waals surface area contributed by atoms with Crippen LogP contribution in [0.3, 0.4) is 0 Å². The number of amides is 1. The quantitative estimate of drug-likeness (QED) is 0.874. The molecule has 2 N–H and O–H groups in total. The van der Waals surface area contributed by atoms with Crippen LogP contribution >= 0.6 is 0 Å². The molecule has 2 rings (SSSR count). The number of aromatic nitrogens is 3. The minimum atomic E-state index is -0.158. The van der Waals surface area contributed by atoms with Gasteiger partial charge in [-0.15, -0.1) is 0 Å². The first kappa shape index (κ1) is 14.0. The second kappa shape index (κ2) is 6.18. The lowest BCUT2D eigenvalue weighted by molar-refractivity contribution is 0.102. The molecule has 106 valence electrons. The number of anilines is 2. The number of carbonyl (C=O) groups is 1. The molecule has 0 saturated heterocycles. The van der Waals surface area contributed by atoms with Crippen LogP contribution in [0.1, 0.15) is 29.9 Å². The molecule has 20 heavy (non-hydrogen) atoms. The lowest BCUT2D eigenvalue weighted by atomic mass is 10.2. The minimum absolute atomic E-state index is 0.158. The summed E-state index contributed by atoms with van der Waals surface area (Å²) in [5.41, 5.74) is 2.20. The Morgan fingerprint density at radius 3 is 2.90 bits per heavy atom. The molecule has 0 aromatic carbocycles. The summed E-state index contributed by atoms with van der Waals surface area (Å²) in [7, 11) is 1.84. The largest absolute Gasteiger partial charge is 0.370 e. The highest BCUT2D eigenvalue weighted by Gasteiger charge is 2.12. The third-order valence-electron chi connectivity index (χ3n) is 2.87. The molecule has 0 unspecified atom stereocenters. The summed E-state index contributed by atoms with van der Waals surface area (Å²) in [6.07, 6.45) is 4.20. The number of nitrogens with zero attached hydrogens (tertiary/aromatic N) is 3. The predicted molar refractivity (Wildman–Crippen MR) is 78.9 cm³/mol. The Bertz CT molecular complexity index is 605. The van der Waals surface area contributed by atoms with Gasteiger partial charge in [0.15, 0.2) is 0 Å². The smallest absolute Gasteiger partial charge is 0.255 e. The number of pyridine rings is 1. The highest BCUT2D eigenvalue weighted by atomic mass is 16.1. The molecule has 0 spiro atoms. The van der Waals surface area contributed by atoms with Crippen LogP contribution in [0.15, 0.2) is 24.5 Å². The van der Waals surface area contributed by atoms with Gasteiger partial charge in [-0.25, -0.2) is 4.98 Å². The Kier molecular flexibility index (Phi) is 4.34. The molecule has 0 bridgehead atoms. The maximum Gasteiger partial charge on any atom is 0.255 e. The lowest BCUT2D eigenvalue weighted by Gasteiger charge is -2.06. The molecule has 2 aromatic rings. The molecular formula is C14H19N5O. The van der Waals surface area contributed by atoms with Crippen molar-refractivity contribution < 1.29 is 4.79 Å². The van der Waals surface area contributed by atoms with Gasteiger partial charge in [0, 0.05) is 31.5 Å². The third kappa shape index (κ3) is 3.14. The van der Waals surface area contributed by atoms with E-state index in [1.165, 1.54) is 0 Å². The fourth-order valence-electron chi connectivity index (χ4n) is 1.94. The topological polar surface area (TPSA) is 71.8 Å². The summed E-state index contributed by atoms with van der Waals surface area (Å²) >= 11 is 0. The third-order valence-corrected chi connectivity index (χ3v) is 2.87. The Hall–Kier alpha value is -2.37. The van der Waals surface area contributed by atoms with Crippen molar-refractivity contribution in [3.63, 3.8) is 0 Å². The number of hydrogen-bond acceptors (Lipinski definition) is 4. The Balaban J connectivity index is 2.17. The van der Waals surface area contributed by atoms with Crippen LogP contribution in [-0.2, 0) is 13.5 Å². The van der Waals surface area contributed by atoms with E-state index in [2.05, 4.69) is 20.7 Å². The molecule has 0 aliphatic carbocycles. The predicted octanol–water partition coefficient (Wildman–Crippen LogP) is 2.06. The maximum absolute atomic E-state index is 12.2. The highest BCUT2D eigenvalue weighted by Crippen LogP contribution is 2.16. The van der Waals surface area contributed by atoms with Crippen molar-refractivity contribution in [1.82, 2.24) is 14.8 Å². The van der Waals surface area contributed by atoms with Crippen LogP contribution in [0.2, 0.25) is 0 Å². The monoisotopic (exact) mass is 273 g/mol. The molecular weight excluding hydrogens is 254 g/mol. The number of rotatable bonds is 5. The Labute approximate surface area is 118 Å². The molecule has 0 atom stereocenters. The van der Waals surface area contributed by atoms with Gasteiger partial charge in [-0.2, -0.15) is 5.10 Å². The van der Waals surface area contributed by atoms with Crippen LogP contribution in [0.4, 0.5) is 11.5 Å². The summed E-state index contributed by atoms with van der Waals surface area (Å²) in [6, 6.07) is 3.43. The van der Waals surface area contributed by atoms with Crippen LogP contribution in [-0.4, -0.2) is 27.2 Å². The van der Waals surface area contributed by atoms with Gasteiger partial charge in [-0.3, -0.25) is 9.48 Å². The summed E-state index contributed by atoms with van der Waals surface area (Å²) in [6.45, 7) is 4.76. The molecule has 0 radical (unpaired) electrons. The molecule has 1 amide bonds. The first-order valence-electron chi connectivity index (χ1n) is 6.67. The fraction of sp³-hybridized carbons (Fsp3) is 0.357. The van der Waals surface area contributed by atoms with E-state index in [0.29, 0.717) is 11.4 Å². The molecule has 0 aliphatic heterocycles. The zero-order valence-electron chi connectivity index (χ0n) is 12.0. The summed E-state index contributed by atoms with van der Waals surface area (Å²) in [5.74, 6) is 0.538. The number of carbonyl (C=O) groups excluding carboxylic acids is 1. The van der Waals surface area contributed by atoms with Crippen molar-refractivity contribution in [2.45, 2.75) is 20.3 Å². The van der Waals surface area contributed by atoms with Crippen LogP contribution in [0.5, 0.6) is 0 Å². The zero-order chi connectivity index (χ0) is 14.5. The second-order valence-corrected chi connectivity index (χ2v) is 4.43. The van der Waals surface area contributed by atoms with Crippen LogP contribution in [0, 0.1) is 0 Å². The van der Waals surface area contributed by atoms with Crippen molar-refractivity contribution in [3.05, 3.63) is 35.8 Å². The summed E-state index contributed by atoms with van der Waals surface area (Å²) < 4.78 is 1.70. The Morgan fingerprint density at radius 2 is 2.20 bits per heavy atom. The van der Waals surface area contributed by atoms with Crippen molar-refractivity contribution in [1.29, 1.82) is 0 Å². The van der Waals surface area contributed by atoms with Crippen LogP contribution < -0.4 is 10.6 Å². The summed E-state index contributed by atoms with van der Waals surface area (Å²) in [5, 5.41) is 10.3. The maximum atomic E-state index is 12.2. The van der Waals surface area contributed by atoms with Crippen molar-refractivity contribution >= 4 is 17.4 Å². The molecule has 0 fully saturated rings. The average Bonchev–Trinajstić information content (AvgIpc) is 2.79. The molecule has 0 aliphatic rings. The van der Waals surface area contributed by atoms with Gasteiger partial charge in [-0.05, 0) is 25.5 Å².